The number of fused-ring (bicyclic) bond motifs is 2. The molecule has 0 fully saturated rings. The zero-order chi connectivity index (χ0) is 21.0. The van der Waals surface area contributed by atoms with Crippen molar-refractivity contribution in [3.05, 3.63) is 111 Å². The van der Waals surface area contributed by atoms with Crippen LogP contribution in [0, 0.1) is 20.8 Å². The maximum absolute atomic E-state index is 13.6. The molecular formula is C26H21NO3. The lowest BCUT2D eigenvalue weighted by Gasteiger charge is -2.25. The Morgan fingerprint density at radius 1 is 0.800 bits per heavy atom. The van der Waals surface area contributed by atoms with Crippen molar-refractivity contribution < 1.29 is 9.21 Å². The molecule has 0 saturated carbocycles. The summed E-state index contributed by atoms with van der Waals surface area (Å²) in [6.07, 6.45) is 0. The molecule has 0 N–H and O–H groups in total. The molecule has 5 rings (SSSR count). The van der Waals surface area contributed by atoms with E-state index in [1.54, 1.807) is 11.0 Å². The lowest BCUT2D eigenvalue weighted by molar-refractivity contribution is 0.0971. The molecule has 148 valence electrons. The minimum Gasteiger partial charge on any atom is -0.450 e. The van der Waals surface area contributed by atoms with Crippen LogP contribution in [0.5, 0.6) is 0 Å². The predicted octanol–water partition coefficient (Wildman–Crippen LogP) is 5.47. The maximum atomic E-state index is 13.6. The van der Waals surface area contributed by atoms with Crippen molar-refractivity contribution in [2.24, 2.45) is 0 Å². The third-order valence-corrected chi connectivity index (χ3v) is 5.70. The van der Waals surface area contributed by atoms with Gasteiger partial charge in [-0.3, -0.25) is 14.5 Å². The molecule has 1 aliphatic heterocycles. The standard InChI is InChI=1S/C26H21NO3/c1-15-7-10-18(11-8-15)23-22-24(28)20-14-17(3)9-12-21(20)30-25(22)26(29)27(23)19-6-4-5-16(2)13-19/h4-14,23H,1-3H3. The Hall–Kier alpha value is -3.66. The Morgan fingerprint density at radius 2 is 1.50 bits per heavy atom. The van der Waals surface area contributed by atoms with Crippen LogP contribution in [-0.4, -0.2) is 5.91 Å². The van der Waals surface area contributed by atoms with Crippen molar-refractivity contribution in [1.82, 2.24) is 0 Å². The molecule has 1 aromatic heterocycles. The van der Waals surface area contributed by atoms with Gasteiger partial charge in [-0.2, -0.15) is 0 Å². The van der Waals surface area contributed by atoms with Gasteiger partial charge >= 0.3 is 0 Å². The van der Waals surface area contributed by atoms with Crippen LogP contribution in [0.3, 0.4) is 0 Å². The Kier molecular flexibility index (Phi) is 4.10. The number of hydrogen-bond acceptors (Lipinski definition) is 3. The largest absolute Gasteiger partial charge is 0.450 e. The minimum absolute atomic E-state index is 0.128. The van der Waals surface area contributed by atoms with Crippen LogP contribution in [0.1, 0.15) is 44.4 Å². The fourth-order valence-corrected chi connectivity index (χ4v) is 4.19. The second kappa shape index (κ2) is 6.70. The molecule has 3 aromatic carbocycles. The summed E-state index contributed by atoms with van der Waals surface area (Å²) in [6.45, 7) is 5.94. The number of anilines is 1. The van der Waals surface area contributed by atoms with Crippen molar-refractivity contribution in [3.63, 3.8) is 0 Å². The Bertz CT molecular complexity index is 1370. The van der Waals surface area contributed by atoms with E-state index < -0.39 is 6.04 Å². The molecule has 0 aliphatic carbocycles. The lowest BCUT2D eigenvalue weighted by atomic mass is 9.97. The number of benzene rings is 3. The van der Waals surface area contributed by atoms with Crippen molar-refractivity contribution in [1.29, 1.82) is 0 Å². The van der Waals surface area contributed by atoms with E-state index in [-0.39, 0.29) is 17.1 Å². The summed E-state index contributed by atoms with van der Waals surface area (Å²) in [7, 11) is 0. The molecule has 1 amide bonds. The first-order valence-electron chi connectivity index (χ1n) is 9.98. The maximum Gasteiger partial charge on any atom is 0.295 e. The number of carbonyl (C=O) groups excluding carboxylic acids is 1. The summed E-state index contributed by atoms with van der Waals surface area (Å²) < 4.78 is 6.02. The first-order chi connectivity index (χ1) is 14.4. The van der Waals surface area contributed by atoms with Crippen molar-refractivity contribution >= 4 is 22.6 Å². The number of hydrogen-bond donors (Lipinski definition) is 0. The van der Waals surface area contributed by atoms with Crippen molar-refractivity contribution in [3.8, 4) is 0 Å². The van der Waals surface area contributed by atoms with E-state index in [0.29, 0.717) is 16.5 Å². The highest BCUT2D eigenvalue weighted by Gasteiger charge is 2.43. The molecule has 2 heterocycles. The van der Waals surface area contributed by atoms with E-state index in [1.807, 2.05) is 81.4 Å². The number of rotatable bonds is 2. The normalized spacial score (nSPS) is 15.6. The van der Waals surface area contributed by atoms with E-state index in [4.69, 9.17) is 4.42 Å². The monoisotopic (exact) mass is 395 g/mol. The van der Waals surface area contributed by atoms with Crippen LogP contribution < -0.4 is 10.3 Å². The second-order valence-corrected chi connectivity index (χ2v) is 8.00. The van der Waals surface area contributed by atoms with E-state index >= 15 is 0 Å². The van der Waals surface area contributed by atoms with Gasteiger partial charge in [-0.15, -0.1) is 0 Å². The molecule has 1 atom stereocenters. The molecular weight excluding hydrogens is 374 g/mol. The van der Waals surface area contributed by atoms with Crippen LogP contribution in [0.25, 0.3) is 11.0 Å². The number of nitrogens with zero attached hydrogens (tertiary/aromatic N) is 1. The smallest absolute Gasteiger partial charge is 0.295 e. The van der Waals surface area contributed by atoms with E-state index in [9.17, 15) is 9.59 Å². The highest BCUT2D eigenvalue weighted by Crippen LogP contribution is 2.41. The molecule has 0 spiro atoms. The Morgan fingerprint density at radius 3 is 2.23 bits per heavy atom. The molecule has 0 radical (unpaired) electrons. The molecule has 1 aliphatic rings. The van der Waals surface area contributed by atoms with Crippen LogP contribution >= 0.6 is 0 Å². The third kappa shape index (κ3) is 2.76. The quantitative estimate of drug-likeness (QED) is 0.452. The lowest BCUT2D eigenvalue weighted by Crippen LogP contribution is -2.29. The average molecular weight is 395 g/mol. The average Bonchev–Trinajstić information content (AvgIpc) is 3.02. The van der Waals surface area contributed by atoms with Gasteiger partial charge in [-0.25, -0.2) is 0 Å². The molecule has 30 heavy (non-hydrogen) atoms. The predicted molar refractivity (Wildman–Crippen MR) is 118 cm³/mol. The summed E-state index contributed by atoms with van der Waals surface area (Å²) in [4.78, 5) is 28.8. The van der Waals surface area contributed by atoms with Crippen LogP contribution in [-0.2, 0) is 0 Å². The SMILES string of the molecule is Cc1ccc(C2c3c(oc4ccc(C)cc4c3=O)C(=O)N2c2cccc(C)c2)cc1. The van der Waals surface area contributed by atoms with Gasteiger partial charge in [0.15, 0.2) is 5.43 Å². The summed E-state index contributed by atoms with van der Waals surface area (Å²) in [6, 6.07) is 20.6. The summed E-state index contributed by atoms with van der Waals surface area (Å²) >= 11 is 0. The van der Waals surface area contributed by atoms with Gasteiger partial charge in [0.2, 0.25) is 5.76 Å². The van der Waals surface area contributed by atoms with Gasteiger partial charge in [0.25, 0.3) is 5.91 Å². The molecule has 4 heteroatoms. The molecule has 0 bridgehead atoms. The van der Waals surface area contributed by atoms with Gasteiger partial charge in [-0.05, 0) is 56.2 Å². The van der Waals surface area contributed by atoms with Gasteiger partial charge < -0.3 is 4.42 Å². The van der Waals surface area contributed by atoms with E-state index in [1.165, 1.54) is 0 Å². The minimum atomic E-state index is -0.531. The van der Waals surface area contributed by atoms with E-state index in [0.717, 1.165) is 27.9 Å². The van der Waals surface area contributed by atoms with Crippen LogP contribution in [0.15, 0.2) is 75.9 Å². The molecule has 4 aromatic rings. The van der Waals surface area contributed by atoms with Crippen LogP contribution in [0.2, 0.25) is 0 Å². The zero-order valence-corrected chi connectivity index (χ0v) is 17.1. The van der Waals surface area contributed by atoms with Crippen LogP contribution in [0.4, 0.5) is 5.69 Å². The number of amides is 1. The molecule has 4 nitrogen and oxygen atoms in total. The summed E-state index contributed by atoms with van der Waals surface area (Å²) in [5.74, 6) is -0.163. The fraction of sp³-hybridized carbons (Fsp3) is 0.154. The molecule has 1 unspecified atom stereocenters. The summed E-state index contributed by atoms with van der Waals surface area (Å²) in [5.41, 5.74) is 5.45. The van der Waals surface area contributed by atoms with E-state index in [2.05, 4.69) is 0 Å². The Labute approximate surface area is 174 Å². The zero-order valence-electron chi connectivity index (χ0n) is 17.1. The van der Waals surface area contributed by atoms with Crippen molar-refractivity contribution in [2.75, 3.05) is 4.90 Å². The highest BCUT2D eigenvalue weighted by atomic mass is 16.3. The topological polar surface area (TPSA) is 50.5 Å². The highest BCUT2D eigenvalue weighted by molar-refractivity contribution is 6.10. The number of carbonyl (C=O) groups is 1. The first-order valence-corrected chi connectivity index (χ1v) is 9.98. The summed E-state index contributed by atoms with van der Waals surface area (Å²) in [5, 5.41) is 0.504. The van der Waals surface area contributed by atoms with Gasteiger partial charge in [0.1, 0.15) is 5.58 Å². The Balaban J connectivity index is 1.83. The van der Waals surface area contributed by atoms with Gasteiger partial charge in [0.05, 0.1) is 17.0 Å². The molecule has 0 saturated heterocycles. The second-order valence-electron chi connectivity index (χ2n) is 8.00. The van der Waals surface area contributed by atoms with Gasteiger partial charge in [-0.1, -0.05) is 53.6 Å². The first kappa shape index (κ1) is 18.4. The van der Waals surface area contributed by atoms with Crippen molar-refractivity contribution in [2.45, 2.75) is 26.8 Å². The number of aryl methyl sites for hydroxylation is 3. The third-order valence-electron chi connectivity index (χ3n) is 5.70. The fourth-order valence-electron chi connectivity index (χ4n) is 4.19. The van der Waals surface area contributed by atoms with Gasteiger partial charge in [0, 0.05) is 5.69 Å².